The number of H-pyrrole nitrogens is 1. The number of aromatic nitrogens is 4. The molecule has 0 fully saturated rings. The first-order chi connectivity index (χ1) is 14.3. The number of fused-ring (bicyclic) bond motifs is 3. The van der Waals surface area contributed by atoms with Gasteiger partial charge in [-0.1, -0.05) is 18.2 Å². The Morgan fingerprint density at radius 2 is 2.07 bits per heavy atom. The predicted molar refractivity (Wildman–Crippen MR) is 115 cm³/mol. The minimum Gasteiger partial charge on any atom is -0.382 e. The number of hydrogen-bond donors (Lipinski definition) is 3. The molecule has 0 saturated heterocycles. The fraction of sp³-hybridized carbons (Fsp3) is 0.318. The molecule has 4 aromatic rings. The molecule has 3 heterocycles. The Kier molecular flexibility index (Phi) is 5.97. The van der Waals surface area contributed by atoms with Crippen LogP contribution in [-0.4, -0.2) is 33.6 Å². The summed E-state index contributed by atoms with van der Waals surface area (Å²) in [6.07, 6.45) is 6.84. The van der Waals surface area contributed by atoms with Crippen LogP contribution in [0.4, 0.5) is 5.82 Å². The zero-order chi connectivity index (χ0) is 20.1. The number of unbranched alkanes of at least 4 members (excludes halogenated alkanes) is 1. The third-order valence-electron chi connectivity index (χ3n) is 5.00. The Balaban J connectivity index is 1.45. The van der Waals surface area contributed by atoms with E-state index < -0.39 is 0 Å². The summed E-state index contributed by atoms with van der Waals surface area (Å²) in [5.41, 5.74) is 11.2. The van der Waals surface area contributed by atoms with Crippen LogP contribution in [0, 0.1) is 0 Å². The predicted octanol–water partition coefficient (Wildman–Crippen LogP) is 3.35. The van der Waals surface area contributed by atoms with Crippen molar-refractivity contribution in [3.05, 3.63) is 59.7 Å². The van der Waals surface area contributed by atoms with Crippen molar-refractivity contribution in [1.29, 1.82) is 0 Å². The molecule has 0 aliphatic carbocycles. The molecule has 7 nitrogen and oxygen atoms in total. The average molecular weight is 390 g/mol. The number of nitrogen functional groups attached to an aromatic ring is 1. The lowest BCUT2D eigenvalue weighted by Gasteiger charge is -2.09. The van der Waals surface area contributed by atoms with Crippen molar-refractivity contribution in [2.75, 3.05) is 19.4 Å². The smallest absolute Gasteiger partial charge is 0.150 e. The van der Waals surface area contributed by atoms with Gasteiger partial charge in [-0.2, -0.15) is 0 Å². The Labute approximate surface area is 169 Å². The monoisotopic (exact) mass is 390 g/mol. The van der Waals surface area contributed by atoms with Gasteiger partial charge >= 0.3 is 0 Å². The van der Waals surface area contributed by atoms with Gasteiger partial charge in [0.05, 0.1) is 5.52 Å². The number of pyridine rings is 2. The molecule has 0 unspecified atom stereocenters. The lowest BCUT2D eigenvalue weighted by molar-refractivity contribution is 0.179. The van der Waals surface area contributed by atoms with Crippen LogP contribution in [-0.2, 0) is 24.3 Å². The molecule has 0 amide bonds. The first-order valence-electron chi connectivity index (χ1n) is 9.90. The molecule has 7 heteroatoms. The molecule has 29 heavy (non-hydrogen) atoms. The average Bonchev–Trinajstić information content (AvgIpc) is 3.16. The quantitative estimate of drug-likeness (QED) is 0.379. The molecule has 4 rings (SSSR count). The van der Waals surface area contributed by atoms with Crippen molar-refractivity contribution in [3.8, 4) is 0 Å². The lowest BCUT2D eigenvalue weighted by Crippen LogP contribution is -2.14. The summed E-state index contributed by atoms with van der Waals surface area (Å²) in [7, 11) is 1.65. The van der Waals surface area contributed by atoms with Gasteiger partial charge in [-0.15, -0.1) is 0 Å². The number of anilines is 1. The van der Waals surface area contributed by atoms with Crippen molar-refractivity contribution in [3.63, 3.8) is 0 Å². The Bertz CT molecular complexity index is 1090. The van der Waals surface area contributed by atoms with Gasteiger partial charge in [-0.05, 0) is 49.1 Å². The van der Waals surface area contributed by atoms with E-state index in [2.05, 4.69) is 32.4 Å². The molecule has 0 bridgehead atoms. The first kappa shape index (κ1) is 19.3. The minimum absolute atomic E-state index is 0.417. The molecule has 0 aliphatic rings. The van der Waals surface area contributed by atoms with Gasteiger partial charge in [-0.3, -0.25) is 4.98 Å². The molecule has 0 saturated carbocycles. The highest BCUT2D eigenvalue weighted by Crippen LogP contribution is 2.29. The zero-order valence-corrected chi connectivity index (χ0v) is 16.6. The highest BCUT2D eigenvalue weighted by Gasteiger charge is 2.14. The van der Waals surface area contributed by atoms with Gasteiger partial charge in [0.25, 0.3) is 0 Å². The fourth-order valence-corrected chi connectivity index (χ4v) is 3.64. The number of rotatable bonds is 9. The van der Waals surface area contributed by atoms with E-state index in [0.29, 0.717) is 12.4 Å². The molecular weight excluding hydrogens is 364 g/mol. The fourth-order valence-electron chi connectivity index (χ4n) is 3.64. The second kappa shape index (κ2) is 8.98. The van der Waals surface area contributed by atoms with E-state index in [-0.39, 0.29) is 0 Å². The van der Waals surface area contributed by atoms with E-state index in [1.807, 2.05) is 24.4 Å². The third-order valence-corrected chi connectivity index (χ3v) is 5.00. The van der Waals surface area contributed by atoms with Gasteiger partial charge in [0, 0.05) is 31.4 Å². The number of imidazole rings is 1. The SMILES string of the molecule is COCc1nc2c([nH]1)c(N)nc1cccc(CCCCNCc3cccnc3)c12. The van der Waals surface area contributed by atoms with Gasteiger partial charge in [0.1, 0.15) is 29.3 Å². The molecule has 3 aromatic heterocycles. The standard InChI is InChI=1S/C22H26N6O/c1-29-14-18-27-20-19-16(8-4-9-17(19)26-22(23)21(20)28-18)7-2-3-10-24-12-15-6-5-11-25-13-15/h4-6,8-9,11,13,24H,2-3,7,10,12,14H2,1H3,(H2,23,26)(H,27,28). The van der Waals surface area contributed by atoms with E-state index in [1.165, 1.54) is 11.1 Å². The molecule has 0 radical (unpaired) electrons. The van der Waals surface area contributed by atoms with Crippen LogP contribution in [0.25, 0.3) is 21.9 Å². The number of nitrogens with one attached hydrogen (secondary N) is 2. The Morgan fingerprint density at radius 3 is 2.90 bits per heavy atom. The van der Waals surface area contributed by atoms with Crippen molar-refractivity contribution >= 4 is 27.8 Å². The summed E-state index contributed by atoms with van der Waals surface area (Å²) >= 11 is 0. The van der Waals surface area contributed by atoms with E-state index in [4.69, 9.17) is 15.5 Å². The number of hydrogen-bond acceptors (Lipinski definition) is 6. The second-order valence-electron chi connectivity index (χ2n) is 7.14. The molecule has 150 valence electrons. The summed E-state index contributed by atoms with van der Waals surface area (Å²) in [4.78, 5) is 16.7. The third kappa shape index (κ3) is 4.36. The van der Waals surface area contributed by atoms with Crippen molar-refractivity contribution in [2.45, 2.75) is 32.4 Å². The van der Waals surface area contributed by atoms with E-state index in [9.17, 15) is 0 Å². The first-order valence-corrected chi connectivity index (χ1v) is 9.90. The van der Waals surface area contributed by atoms with Crippen LogP contribution < -0.4 is 11.1 Å². The van der Waals surface area contributed by atoms with Crippen molar-refractivity contribution < 1.29 is 4.74 Å². The number of methoxy groups -OCH3 is 1. The van der Waals surface area contributed by atoms with Gasteiger partial charge in [-0.25, -0.2) is 9.97 Å². The maximum absolute atomic E-state index is 6.15. The highest BCUT2D eigenvalue weighted by molar-refractivity contribution is 6.07. The van der Waals surface area contributed by atoms with Crippen LogP contribution in [0.3, 0.4) is 0 Å². The highest BCUT2D eigenvalue weighted by atomic mass is 16.5. The molecule has 0 aliphatic heterocycles. The van der Waals surface area contributed by atoms with Crippen LogP contribution in [0.5, 0.6) is 0 Å². The number of ether oxygens (including phenoxy) is 1. The topological polar surface area (TPSA) is 102 Å². The van der Waals surface area contributed by atoms with Gasteiger partial charge < -0.3 is 20.8 Å². The van der Waals surface area contributed by atoms with Crippen LogP contribution in [0.15, 0.2) is 42.7 Å². The number of aryl methyl sites for hydroxylation is 1. The van der Waals surface area contributed by atoms with Crippen LogP contribution in [0.2, 0.25) is 0 Å². The van der Waals surface area contributed by atoms with Gasteiger partial charge in [0.15, 0.2) is 0 Å². The Morgan fingerprint density at radius 1 is 1.14 bits per heavy atom. The summed E-state index contributed by atoms with van der Waals surface area (Å²) in [5.74, 6) is 1.23. The molecule has 0 spiro atoms. The van der Waals surface area contributed by atoms with Crippen LogP contribution >= 0.6 is 0 Å². The molecule has 1 aromatic carbocycles. The summed E-state index contributed by atoms with van der Waals surface area (Å²) in [5, 5.41) is 4.56. The minimum atomic E-state index is 0.417. The molecule has 0 atom stereocenters. The number of benzene rings is 1. The molecular formula is C22H26N6O. The number of aromatic amines is 1. The summed E-state index contributed by atoms with van der Waals surface area (Å²) in [6, 6.07) is 10.2. The second-order valence-corrected chi connectivity index (χ2v) is 7.14. The van der Waals surface area contributed by atoms with Crippen molar-refractivity contribution in [1.82, 2.24) is 25.3 Å². The lowest BCUT2D eigenvalue weighted by atomic mass is 10.0. The van der Waals surface area contributed by atoms with Gasteiger partial charge in [0.2, 0.25) is 0 Å². The number of nitrogens with zero attached hydrogens (tertiary/aromatic N) is 3. The zero-order valence-electron chi connectivity index (χ0n) is 16.6. The van der Waals surface area contributed by atoms with E-state index in [0.717, 1.165) is 60.1 Å². The van der Waals surface area contributed by atoms with Crippen LogP contribution in [0.1, 0.15) is 29.8 Å². The Hall–Kier alpha value is -3.03. The van der Waals surface area contributed by atoms with E-state index >= 15 is 0 Å². The molecule has 4 N–H and O–H groups in total. The largest absolute Gasteiger partial charge is 0.382 e. The maximum atomic E-state index is 6.15. The number of nitrogens with two attached hydrogens (primary N) is 1. The maximum Gasteiger partial charge on any atom is 0.150 e. The summed E-state index contributed by atoms with van der Waals surface area (Å²) in [6.45, 7) is 2.24. The summed E-state index contributed by atoms with van der Waals surface area (Å²) < 4.78 is 5.21. The van der Waals surface area contributed by atoms with E-state index in [1.54, 1.807) is 13.3 Å². The normalized spacial score (nSPS) is 11.5. The van der Waals surface area contributed by atoms with Crippen molar-refractivity contribution in [2.24, 2.45) is 0 Å².